The van der Waals surface area contributed by atoms with Crippen LogP contribution in [-0.4, -0.2) is 45.4 Å². The van der Waals surface area contributed by atoms with Gasteiger partial charge in [0, 0.05) is 55.8 Å². The first-order chi connectivity index (χ1) is 11.3. The molecule has 0 radical (unpaired) electrons. The number of fused-ring (bicyclic) bond motifs is 1. The van der Waals surface area contributed by atoms with Crippen LogP contribution in [0.15, 0.2) is 16.1 Å². The first-order valence-electron chi connectivity index (χ1n) is 8.26. The molecule has 0 amide bonds. The molecule has 2 aromatic rings. The lowest BCUT2D eigenvalue weighted by Crippen LogP contribution is -2.34. The Morgan fingerprint density at radius 2 is 2.39 bits per heavy atom. The average molecular weight is 334 g/mol. The van der Waals surface area contributed by atoms with Crippen LogP contribution in [0.25, 0.3) is 0 Å². The summed E-state index contributed by atoms with van der Waals surface area (Å²) in [6.07, 6.45) is 5.51. The maximum atomic E-state index is 9.67. The molecule has 3 heterocycles. The Labute approximate surface area is 139 Å². The Morgan fingerprint density at radius 3 is 3.17 bits per heavy atom. The van der Waals surface area contributed by atoms with E-state index < -0.39 is 0 Å². The molecule has 1 fully saturated rings. The molecule has 1 aliphatic heterocycles. The molecule has 6 nitrogen and oxygen atoms in total. The molecule has 2 aromatic heterocycles. The molecular formula is C16H22N4O2S. The number of hydrogen-bond acceptors (Lipinski definition) is 7. The number of likely N-dealkylation sites (tertiary alicyclic amines) is 1. The van der Waals surface area contributed by atoms with E-state index in [-0.39, 0.29) is 6.10 Å². The fourth-order valence-corrected chi connectivity index (χ4v) is 4.07. The van der Waals surface area contributed by atoms with Gasteiger partial charge in [0.1, 0.15) is 16.5 Å². The van der Waals surface area contributed by atoms with E-state index >= 15 is 0 Å². The minimum Gasteiger partial charge on any atom is -0.392 e. The van der Waals surface area contributed by atoms with Crippen molar-refractivity contribution in [1.29, 1.82) is 0 Å². The van der Waals surface area contributed by atoms with Gasteiger partial charge in [-0.25, -0.2) is 4.98 Å². The molecule has 0 spiro atoms. The molecule has 124 valence electrons. The first-order valence-corrected chi connectivity index (χ1v) is 9.14. The molecule has 7 heteroatoms. The van der Waals surface area contributed by atoms with E-state index in [4.69, 9.17) is 4.52 Å². The zero-order valence-electron chi connectivity index (χ0n) is 13.1. The molecule has 0 aromatic carbocycles. The molecule has 1 aliphatic carbocycles. The molecule has 2 atom stereocenters. The summed E-state index contributed by atoms with van der Waals surface area (Å²) >= 11 is 1.69. The van der Waals surface area contributed by atoms with Crippen molar-refractivity contribution in [3.63, 3.8) is 0 Å². The monoisotopic (exact) mass is 334 g/mol. The van der Waals surface area contributed by atoms with Gasteiger partial charge in [0.25, 0.3) is 0 Å². The van der Waals surface area contributed by atoms with Crippen LogP contribution in [0, 0.1) is 0 Å². The van der Waals surface area contributed by atoms with E-state index in [1.165, 1.54) is 5.56 Å². The molecule has 0 saturated carbocycles. The summed E-state index contributed by atoms with van der Waals surface area (Å²) in [5.74, 6) is 1.05. The summed E-state index contributed by atoms with van der Waals surface area (Å²) < 4.78 is 5.55. The van der Waals surface area contributed by atoms with Gasteiger partial charge in [-0.2, -0.15) is 0 Å². The predicted molar refractivity (Wildman–Crippen MR) is 87.2 cm³/mol. The van der Waals surface area contributed by atoms with Crippen LogP contribution < -0.4 is 5.32 Å². The lowest BCUT2D eigenvalue weighted by Gasteiger charge is -2.23. The summed E-state index contributed by atoms with van der Waals surface area (Å²) in [5.41, 5.74) is 2.32. The Hall–Kier alpha value is -1.28. The molecule has 1 saturated heterocycles. The van der Waals surface area contributed by atoms with Crippen LogP contribution in [0.1, 0.15) is 34.9 Å². The topological polar surface area (TPSA) is 74.4 Å². The van der Waals surface area contributed by atoms with Gasteiger partial charge in [0.15, 0.2) is 0 Å². The summed E-state index contributed by atoms with van der Waals surface area (Å²) in [4.78, 5) is 6.58. The zero-order chi connectivity index (χ0) is 15.6. The Bertz CT molecular complexity index is 643. The number of nitrogens with one attached hydrogen (secondary N) is 1. The Kier molecular flexibility index (Phi) is 4.43. The fourth-order valence-electron chi connectivity index (χ4n) is 3.50. The van der Waals surface area contributed by atoms with Crippen molar-refractivity contribution in [2.24, 2.45) is 0 Å². The van der Waals surface area contributed by atoms with Crippen molar-refractivity contribution in [2.45, 2.75) is 50.9 Å². The van der Waals surface area contributed by atoms with Crippen molar-refractivity contribution in [2.75, 3.05) is 13.1 Å². The largest absolute Gasteiger partial charge is 0.392 e. The predicted octanol–water partition coefficient (Wildman–Crippen LogP) is 1.34. The van der Waals surface area contributed by atoms with E-state index in [1.807, 2.05) is 11.6 Å². The minimum absolute atomic E-state index is 0.189. The molecule has 1 unspecified atom stereocenters. The van der Waals surface area contributed by atoms with E-state index in [0.29, 0.717) is 6.04 Å². The highest BCUT2D eigenvalue weighted by Crippen LogP contribution is 2.26. The minimum atomic E-state index is -0.189. The zero-order valence-corrected chi connectivity index (χ0v) is 13.9. The lowest BCUT2D eigenvalue weighted by molar-refractivity contribution is 0.173. The van der Waals surface area contributed by atoms with Crippen LogP contribution in [0.2, 0.25) is 0 Å². The quantitative estimate of drug-likeness (QED) is 0.860. The highest BCUT2D eigenvalue weighted by molar-refractivity contribution is 7.09. The van der Waals surface area contributed by atoms with Crippen molar-refractivity contribution in [3.05, 3.63) is 33.6 Å². The van der Waals surface area contributed by atoms with Crippen LogP contribution >= 0.6 is 11.3 Å². The highest BCUT2D eigenvalue weighted by Gasteiger charge is 2.28. The van der Waals surface area contributed by atoms with E-state index in [9.17, 15) is 5.11 Å². The highest BCUT2D eigenvalue weighted by atomic mass is 32.1. The van der Waals surface area contributed by atoms with Crippen molar-refractivity contribution in [1.82, 2.24) is 20.4 Å². The third-order valence-electron chi connectivity index (χ3n) is 4.77. The van der Waals surface area contributed by atoms with Crippen molar-refractivity contribution in [3.8, 4) is 0 Å². The van der Waals surface area contributed by atoms with Crippen molar-refractivity contribution < 1.29 is 9.63 Å². The number of thiazole rings is 1. The molecule has 2 N–H and O–H groups in total. The smallest absolute Gasteiger partial charge is 0.140 e. The third kappa shape index (κ3) is 3.47. The number of aryl methyl sites for hydroxylation is 1. The standard InChI is InChI=1S/C16H22N4O2S/c21-12-3-5-20(9-12)10-14-13-7-11(1-2-15(13)22-19-14)18-8-16-17-4-6-23-16/h4,6,11-12,18,21H,1-3,5,7-10H2/t11?,12-/m1/s1. The average Bonchev–Trinajstić information content (AvgIpc) is 3.28. The normalized spacial score (nSPS) is 24.9. The van der Waals surface area contributed by atoms with E-state index in [2.05, 4.69) is 20.4 Å². The van der Waals surface area contributed by atoms with Gasteiger partial charge in [-0.05, 0) is 19.3 Å². The molecule has 2 aliphatic rings. The second kappa shape index (κ2) is 6.68. The summed E-state index contributed by atoms with van der Waals surface area (Å²) in [7, 11) is 0. The first kappa shape index (κ1) is 15.3. The number of nitrogens with zero attached hydrogens (tertiary/aromatic N) is 3. The lowest BCUT2D eigenvalue weighted by atomic mass is 9.92. The van der Waals surface area contributed by atoms with Gasteiger partial charge >= 0.3 is 0 Å². The van der Waals surface area contributed by atoms with Crippen LogP contribution in [0.3, 0.4) is 0 Å². The van der Waals surface area contributed by atoms with Gasteiger partial charge in [-0.1, -0.05) is 5.16 Å². The maximum absolute atomic E-state index is 9.67. The summed E-state index contributed by atoms with van der Waals surface area (Å²) in [6.45, 7) is 3.30. The molecule has 0 bridgehead atoms. The van der Waals surface area contributed by atoms with Crippen LogP contribution in [0.4, 0.5) is 0 Å². The maximum Gasteiger partial charge on any atom is 0.140 e. The van der Waals surface area contributed by atoms with Gasteiger partial charge in [0.2, 0.25) is 0 Å². The van der Waals surface area contributed by atoms with Crippen molar-refractivity contribution >= 4 is 11.3 Å². The number of aliphatic hydroxyl groups excluding tert-OH is 1. The Balaban J connectivity index is 1.38. The number of aromatic nitrogens is 2. The van der Waals surface area contributed by atoms with Gasteiger partial charge in [-0.15, -0.1) is 11.3 Å². The van der Waals surface area contributed by atoms with Gasteiger partial charge in [0.05, 0.1) is 6.10 Å². The summed E-state index contributed by atoms with van der Waals surface area (Å²) in [6, 6.07) is 0.453. The second-order valence-corrected chi connectivity index (χ2v) is 7.43. The molecular weight excluding hydrogens is 312 g/mol. The number of aliphatic hydroxyl groups is 1. The number of β-amino-alcohol motifs (C(OH)–C–C–N with tert-alkyl or cyclic N) is 1. The SMILES string of the molecule is O[C@@H]1CCN(Cc2noc3c2CC(NCc2nccs2)CC3)C1. The number of rotatable bonds is 5. The van der Waals surface area contributed by atoms with E-state index in [0.717, 1.165) is 68.3 Å². The fraction of sp³-hybridized carbons (Fsp3) is 0.625. The summed E-state index contributed by atoms with van der Waals surface area (Å²) in [5, 5.41) is 20.7. The molecule has 4 rings (SSSR count). The molecule has 23 heavy (non-hydrogen) atoms. The van der Waals surface area contributed by atoms with Crippen LogP contribution in [-0.2, 0) is 25.9 Å². The Morgan fingerprint density at radius 1 is 1.43 bits per heavy atom. The van der Waals surface area contributed by atoms with Crippen LogP contribution in [0.5, 0.6) is 0 Å². The van der Waals surface area contributed by atoms with Gasteiger partial charge in [-0.3, -0.25) is 4.90 Å². The van der Waals surface area contributed by atoms with Gasteiger partial charge < -0.3 is 14.9 Å². The van der Waals surface area contributed by atoms with E-state index in [1.54, 1.807) is 11.3 Å². The number of hydrogen-bond donors (Lipinski definition) is 2. The second-order valence-electron chi connectivity index (χ2n) is 6.46. The third-order valence-corrected chi connectivity index (χ3v) is 5.55.